The third kappa shape index (κ3) is 1.67. The van der Waals surface area contributed by atoms with Crippen LogP contribution in [0.3, 0.4) is 0 Å². The summed E-state index contributed by atoms with van der Waals surface area (Å²) in [7, 11) is 0. The maximum absolute atomic E-state index is 4.34. The van der Waals surface area contributed by atoms with Crippen LogP contribution in [-0.2, 0) is 0 Å². The summed E-state index contributed by atoms with van der Waals surface area (Å²) in [6, 6.07) is 0.721. The number of hydrogen-bond acceptors (Lipinski definition) is 2. The fraction of sp³-hybridized carbons (Fsp3) is 1.00. The molecule has 1 N–H and O–H groups in total. The van der Waals surface area contributed by atoms with E-state index in [9.17, 15) is 0 Å². The van der Waals surface area contributed by atoms with Gasteiger partial charge in [0.15, 0.2) is 0 Å². The molecule has 0 aromatic carbocycles. The molecule has 48 valence electrons. The minimum Gasteiger partial charge on any atom is -0.313 e. The van der Waals surface area contributed by atoms with Gasteiger partial charge in [-0.1, -0.05) is 0 Å². The smallest absolute Gasteiger partial charge is 0.0142 e. The molecule has 0 aromatic heterocycles. The summed E-state index contributed by atoms with van der Waals surface area (Å²) in [4.78, 5) is 0. The Balaban J connectivity index is 2.19. The molecule has 0 spiro atoms. The van der Waals surface area contributed by atoms with Gasteiger partial charge in [0.05, 0.1) is 0 Å². The predicted octanol–water partition coefficient (Wildman–Crippen LogP) is 1.06. The summed E-state index contributed by atoms with van der Waals surface area (Å²) in [6.45, 7) is 3.31. The second kappa shape index (κ2) is 2.74. The molecule has 0 aromatic rings. The van der Waals surface area contributed by atoms with Crippen LogP contribution in [0.4, 0.5) is 0 Å². The van der Waals surface area contributed by atoms with Crippen molar-refractivity contribution in [1.29, 1.82) is 0 Å². The van der Waals surface area contributed by atoms with Crippen LogP contribution in [0.2, 0.25) is 0 Å². The minimum absolute atomic E-state index is 0.603. The molecule has 1 saturated heterocycles. The van der Waals surface area contributed by atoms with E-state index < -0.39 is 0 Å². The molecule has 8 heavy (non-hydrogen) atoms. The zero-order valence-corrected chi connectivity index (χ0v) is 6.12. The van der Waals surface area contributed by atoms with Gasteiger partial charge in [-0.2, -0.15) is 12.6 Å². The molecule has 0 radical (unpaired) electrons. The van der Waals surface area contributed by atoms with E-state index in [2.05, 4.69) is 24.9 Å². The first kappa shape index (κ1) is 6.43. The van der Waals surface area contributed by atoms with Gasteiger partial charge in [-0.15, -0.1) is 0 Å². The highest BCUT2D eigenvalue weighted by molar-refractivity contribution is 7.81. The average Bonchev–Trinajstić information content (AvgIpc) is 1.77. The van der Waals surface area contributed by atoms with Crippen molar-refractivity contribution < 1.29 is 0 Å². The second-order valence-corrected chi connectivity index (χ2v) is 3.27. The van der Waals surface area contributed by atoms with Crippen molar-refractivity contribution >= 4 is 12.6 Å². The van der Waals surface area contributed by atoms with Crippen molar-refractivity contribution in [2.75, 3.05) is 6.54 Å². The van der Waals surface area contributed by atoms with Crippen molar-refractivity contribution in [2.45, 2.75) is 31.1 Å². The van der Waals surface area contributed by atoms with Gasteiger partial charge in [0.1, 0.15) is 0 Å². The topological polar surface area (TPSA) is 12.0 Å². The Kier molecular flexibility index (Phi) is 2.20. The Morgan fingerprint density at radius 2 is 2.25 bits per heavy atom. The van der Waals surface area contributed by atoms with Crippen LogP contribution in [0.5, 0.6) is 0 Å². The van der Waals surface area contributed by atoms with Gasteiger partial charge < -0.3 is 5.32 Å². The number of hydrogen-bond donors (Lipinski definition) is 2. The minimum atomic E-state index is 0.603. The van der Waals surface area contributed by atoms with Crippen LogP contribution in [0.15, 0.2) is 0 Å². The van der Waals surface area contributed by atoms with Gasteiger partial charge in [0.25, 0.3) is 0 Å². The van der Waals surface area contributed by atoms with Crippen molar-refractivity contribution in [3.8, 4) is 0 Å². The summed E-state index contributed by atoms with van der Waals surface area (Å²) in [5.74, 6) is 0. The molecule has 1 fully saturated rings. The van der Waals surface area contributed by atoms with Crippen molar-refractivity contribution in [1.82, 2.24) is 5.32 Å². The summed E-state index contributed by atoms with van der Waals surface area (Å²) in [5.41, 5.74) is 0. The Hall–Kier alpha value is 0.310. The summed E-state index contributed by atoms with van der Waals surface area (Å²) >= 11 is 4.34. The number of thiol groups is 1. The van der Waals surface area contributed by atoms with Crippen LogP contribution in [-0.4, -0.2) is 17.8 Å². The second-order valence-electron chi connectivity index (χ2n) is 2.54. The lowest BCUT2D eigenvalue weighted by Crippen LogP contribution is -2.37. The quantitative estimate of drug-likeness (QED) is 0.468. The number of piperidine rings is 1. The molecule has 1 nitrogen and oxygen atoms in total. The van der Waals surface area contributed by atoms with Crippen molar-refractivity contribution in [3.05, 3.63) is 0 Å². The highest BCUT2D eigenvalue weighted by Crippen LogP contribution is 2.11. The lowest BCUT2D eigenvalue weighted by atomic mass is 10.1. The van der Waals surface area contributed by atoms with Gasteiger partial charge in [-0.25, -0.2) is 0 Å². The molecule has 0 amide bonds. The summed E-state index contributed by atoms with van der Waals surface area (Å²) in [5, 5.41) is 3.96. The number of nitrogens with one attached hydrogen (secondary N) is 1. The Bertz CT molecular complexity index is 56.9. The molecule has 2 atom stereocenters. The largest absolute Gasteiger partial charge is 0.313 e. The SMILES string of the molecule is C[C@@H]1CC[C@@H](S)CN1. The van der Waals surface area contributed by atoms with Gasteiger partial charge in [-0.05, 0) is 19.8 Å². The summed E-state index contributed by atoms with van der Waals surface area (Å²) in [6.07, 6.45) is 2.56. The normalized spacial score (nSPS) is 39.8. The lowest BCUT2D eigenvalue weighted by Gasteiger charge is -2.23. The van der Waals surface area contributed by atoms with E-state index in [1.807, 2.05) is 0 Å². The van der Waals surface area contributed by atoms with Crippen LogP contribution in [0, 0.1) is 0 Å². The number of rotatable bonds is 0. The average molecular weight is 131 g/mol. The van der Waals surface area contributed by atoms with Crippen LogP contribution >= 0.6 is 12.6 Å². The fourth-order valence-corrected chi connectivity index (χ4v) is 1.24. The molecule has 0 unspecified atom stereocenters. The third-order valence-corrected chi connectivity index (χ3v) is 2.08. The van der Waals surface area contributed by atoms with Crippen LogP contribution in [0.25, 0.3) is 0 Å². The maximum Gasteiger partial charge on any atom is 0.0142 e. The van der Waals surface area contributed by atoms with E-state index in [0.29, 0.717) is 5.25 Å². The fourth-order valence-electron chi connectivity index (χ4n) is 0.984. The highest BCUT2D eigenvalue weighted by atomic mass is 32.1. The molecule has 2 heteroatoms. The first-order valence-electron chi connectivity index (χ1n) is 3.20. The van der Waals surface area contributed by atoms with Crippen molar-refractivity contribution in [3.63, 3.8) is 0 Å². The first-order valence-corrected chi connectivity index (χ1v) is 3.72. The predicted molar refractivity (Wildman–Crippen MR) is 39.5 cm³/mol. The van der Waals surface area contributed by atoms with E-state index in [4.69, 9.17) is 0 Å². The highest BCUT2D eigenvalue weighted by Gasteiger charge is 2.12. The zero-order chi connectivity index (χ0) is 5.98. The van der Waals surface area contributed by atoms with Gasteiger partial charge >= 0.3 is 0 Å². The first-order chi connectivity index (χ1) is 3.79. The molecule has 1 rings (SSSR count). The Labute approximate surface area is 56.3 Å². The van der Waals surface area contributed by atoms with E-state index in [-0.39, 0.29) is 0 Å². The third-order valence-electron chi connectivity index (χ3n) is 1.63. The zero-order valence-electron chi connectivity index (χ0n) is 5.22. The molecule has 0 bridgehead atoms. The van der Waals surface area contributed by atoms with Crippen LogP contribution < -0.4 is 5.32 Å². The monoisotopic (exact) mass is 131 g/mol. The van der Waals surface area contributed by atoms with E-state index in [1.165, 1.54) is 12.8 Å². The molecule has 0 aliphatic carbocycles. The van der Waals surface area contributed by atoms with E-state index >= 15 is 0 Å². The standard InChI is InChI=1S/C6H13NS/c1-5-2-3-6(8)4-7-5/h5-8H,2-4H2,1H3/t5-,6-/m1/s1. The molecular formula is C6H13NS. The van der Waals surface area contributed by atoms with E-state index in [0.717, 1.165) is 12.6 Å². The van der Waals surface area contributed by atoms with Gasteiger partial charge in [0.2, 0.25) is 0 Å². The molecule has 0 saturated carbocycles. The Morgan fingerprint density at radius 1 is 1.50 bits per heavy atom. The molecule has 1 aliphatic rings. The Morgan fingerprint density at radius 3 is 2.62 bits per heavy atom. The molecule has 1 aliphatic heterocycles. The lowest BCUT2D eigenvalue weighted by molar-refractivity contribution is 0.434. The molecular weight excluding hydrogens is 118 g/mol. The summed E-state index contributed by atoms with van der Waals surface area (Å²) < 4.78 is 0. The van der Waals surface area contributed by atoms with E-state index in [1.54, 1.807) is 0 Å². The van der Waals surface area contributed by atoms with Gasteiger partial charge in [0, 0.05) is 17.8 Å². The maximum atomic E-state index is 4.34. The molecule has 1 heterocycles. The van der Waals surface area contributed by atoms with Crippen LogP contribution in [0.1, 0.15) is 19.8 Å². The van der Waals surface area contributed by atoms with Crippen molar-refractivity contribution in [2.24, 2.45) is 0 Å². The van der Waals surface area contributed by atoms with Gasteiger partial charge in [-0.3, -0.25) is 0 Å².